The van der Waals surface area contributed by atoms with Gasteiger partial charge in [0.15, 0.2) is 6.29 Å². The fourth-order valence-electron chi connectivity index (χ4n) is 10.00. The molecule has 6 rings (SSSR count). The summed E-state index contributed by atoms with van der Waals surface area (Å²) in [6.07, 6.45) is 5.39. The Morgan fingerprint density at radius 2 is 1.85 bits per heavy atom. The quantitative estimate of drug-likeness (QED) is 0.269. The average molecular weight is 549 g/mol. The molecule has 4 aliphatic carbocycles. The molecule has 0 aromatic heterocycles. The number of aliphatic hydroxyl groups is 3. The van der Waals surface area contributed by atoms with Crippen LogP contribution in [0.3, 0.4) is 0 Å². The zero-order valence-corrected chi connectivity index (χ0v) is 23.3. The van der Waals surface area contributed by atoms with Gasteiger partial charge in [0.25, 0.3) is 0 Å². The maximum atomic E-state index is 13.0. The molecule has 9 heteroatoms. The summed E-state index contributed by atoms with van der Waals surface area (Å²) in [4.78, 5) is 24.8. The maximum absolute atomic E-state index is 13.0. The van der Waals surface area contributed by atoms with Gasteiger partial charge in [-0.2, -0.15) is 0 Å². The van der Waals surface area contributed by atoms with Gasteiger partial charge in [-0.25, -0.2) is 4.79 Å². The van der Waals surface area contributed by atoms with E-state index in [1.54, 1.807) is 13.0 Å². The molecule has 0 aromatic rings. The van der Waals surface area contributed by atoms with E-state index in [1.165, 1.54) is 13.4 Å². The first kappa shape index (κ1) is 27.8. The number of aliphatic hydroxyl groups excluding tert-OH is 2. The summed E-state index contributed by atoms with van der Waals surface area (Å²) in [5, 5.41) is 33.4. The molecule has 0 bridgehead atoms. The summed E-state index contributed by atoms with van der Waals surface area (Å²) in [6, 6.07) is 0. The van der Waals surface area contributed by atoms with Crippen molar-refractivity contribution in [3.05, 3.63) is 11.6 Å². The molecule has 9 nitrogen and oxygen atoms in total. The summed E-state index contributed by atoms with van der Waals surface area (Å²) in [6.45, 7) is 4.25. The van der Waals surface area contributed by atoms with E-state index >= 15 is 0 Å². The number of ether oxygens (including phenoxy) is 4. The van der Waals surface area contributed by atoms with Crippen LogP contribution in [0.15, 0.2) is 11.6 Å². The largest absolute Gasteiger partial charge is 0.458 e. The Balaban J connectivity index is 1.18. The van der Waals surface area contributed by atoms with Crippen LogP contribution in [-0.2, 0) is 28.5 Å². The van der Waals surface area contributed by atoms with Crippen LogP contribution in [-0.4, -0.2) is 83.7 Å². The number of carbonyl (C=O) groups is 2. The second-order valence-corrected chi connectivity index (χ2v) is 13.4. The zero-order chi connectivity index (χ0) is 27.7. The SMILES string of the molecule is CO[C@H]1[C@H](O)[C@H](O[C@H]2CC[C@]3(C=O)C4CC[C@]5(C)[C@@H](C6=CC(=O)OC6)CC[C@]5(O)C4CC[C@@H]3C2)O[C@@H](C)[C@@H]1O. The summed E-state index contributed by atoms with van der Waals surface area (Å²) < 4.78 is 22.6. The first-order valence-electron chi connectivity index (χ1n) is 14.8. The fourth-order valence-corrected chi connectivity index (χ4v) is 10.00. The number of cyclic esters (lactones) is 1. The molecule has 0 amide bonds. The molecule has 218 valence electrons. The maximum Gasteiger partial charge on any atom is 0.331 e. The van der Waals surface area contributed by atoms with Crippen molar-refractivity contribution in [1.29, 1.82) is 0 Å². The molecular formula is C30H44O9. The molecule has 0 aromatic carbocycles. The lowest BCUT2D eigenvalue weighted by molar-refractivity contribution is -0.312. The van der Waals surface area contributed by atoms with E-state index in [9.17, 15) is 24.9 Å². The third-order valence-electron chi connectivity index (χ3n) is 12.1. The number of hydrogen-bond donors (Lipinski definition) is 3. The number of methoxy groups -OCH3 is 1. The van der Waals surface area contributed by atoms with Gasteiger partial charge in [0.05, 0.1) is 17.8 Å². The highest BCUT2D eigenvalue weighted by Gasteiger charge is 2.68. The van der Waals surface area contributed by atoms with Crippen LogP contribution in [0.1, 0.15) is 71.6 Å². The van der Waals surface area contributed by atoms with Crippen LogP contribution >= 0.6 is 0 Å². The molecule has 2 heterocycles. The lowest BCUT2D eigenvalue weighted by atomic mass is 9.43. The third kappa shape index (κ3) is 4.02. The molecule has 13 atom stereocenters. The van der Waals surface area contributed by atoms with E-state index in [0.29, 0.717) is 32.3 Å². The third-order valence-corrected chi connectivity index (χ3v) is 12.1. The van der Waals surface area contributed by atoms with E-state index in [1.807, 2.05) is 0 Å². The van der Waals surface area contributed by atoms with Crippen LogP contribution in [0.4, 0.5) is 0 Å². The van der Waals surface area contributed by atoms with Crippen LogP contribution in [0.25, 0.3) is 0 Å². The predicted octanol–water partition coefficient (Wildman–Crippen LogP) is 2.29. The van der Waals surface area contributed by atoms with E-state index < -0.39 is 41.7 Å². The van der Waals surface area contributed by atoms with E-state index in [0.717, 1.165) is 37.7 Å². The second kappa shape index (κ2) is 9.88. The Morgan fingerprint density at radius 1 is 1.05 bits per heavy atom. The van der Waals surface area contributed by atoms with Crippen molar-refractivity contribution in [2.45, 2.75) is 114 Å². The van der Waals surface area contributed by atoms with Crippen LogP contribution in [0, 0.1) is 34.5 Å². The summed E-state index contributed by atoms with van der Waals surface area (Å²) in [5.41, 5.74) is -0.682. The van der Waals surface area contributed by atoms with Gasteiger partial charge in [0.1, 0.15) is 31.2 Å². The zero-order valence-electron chi connectivity index (χ0n) is 23.3. The van der Waals surface area contributed by atoms with E-state index in [-0.39, 0.29) is 41.2 Å². The van der Waals surface area contributed by atoms with Crippen molar-refractivity contribution in [1.82, 2.24) is 0 Å². The van der Waals surface area contributed by atoms with E-state index in [2.05, 4.69) is 6.92 Å². The fraction of sp³-hybridized carbons (Fsp3) is 0.867. The monoisotopic (exact) mass is 548 g/mol. The standard InChI is InChI=1S/C30H44O9/c1-16-24(33)26(36-3)25(34)27(38-16)39-19-6-10-29(15-31)18(13-19)4-5-22-21(29)7-9-28(2)20(8-11-30(22,28)35)17-12-23(32)37-14-17/h12,15-16,18-22,24-27,33-35H,4-11,13-14H2,1-3H3/t16-,18+,19-,20+,21?,22?,24-,25-,26+,27-,28+,29+,30-/m0/s1. The van der Waals surface area contributed by atoms with Crippen LogP contribution in [0.2, 0.25) is 0 Å². The second-order valence-electron chi connectivity index (χ2n) is 13.4. The van der Waals surface area contributed by atoms with Crippen LogP contribution < -0.4 is 0 Å². The van der Waals surface area contributed by atoms with Gasteiger partial charge in [0, 0.05) is 24.0 Å². The van der Waals surface area contributed by atoms with Gasteiger partial charge in [-0.05, 0) is 94.0 Å². The molecule has 2 unspecified atom stereocenters. The molecule has 3 N–H and O–H groups in total. The van der Waals surface area contributed by atoms with Gasteiger partial charge < -0.3 is 39.1 Å². The first-order valence-corrected chi connectivity index (χ1v) is 14.8. The van der Waals surface area contributed by atoms with Crippen molar-refractivity contribution < 1.29 is 43.9 Å². The highest BCUT2D eigenvalue weighted by atomic mass is 16.7. The molecule has 2 aliphatic heterocycles. The molecule has 1 saturated heterocycles. The summed E-state index contributed by atoms with van der Waals surface area (Å²) in [7, 11) is 1.46. The smallest absolute Gasteiger partial charge is 0.331 e. The Hall–Kier alpha value is -1.36. The predicted molar refractivity (Wildman–Crippen MR) is 138 cm³/mol. The lowest BCUT2D eigenvalue weighted by Crippen LogP contribution is -2.63. The Kier molecular flexibility index (Phi) is 7.04. The summed E-state index contributed by atoms with van der Waals surface area (Å²) >= 11 is 0. The van der Waals surface area contributed by atoms with Gasteiger partial charge in [-0.15, -0.1) is 0 Å². The first-order chi connectivity index (χ1) is 18.6. The van der Waals surface area contributed by atoms with Crippen molar-refractivity contribution in [2.75, 3.05) is 13.7 Å². The van der Waals surface area contributed by atoms with Gasteiger partial charge in [-0.1, -0.05) is 6.92 Å². The molecule has 4 saturated carbocycles. The lowest BCUT2D eigenvalue weighted by Gasteiger charge is -2.63. The van der Waals surface area contributed by atoms with Gasteiger partial charge >= 0.3 is 5.97 Å². The normalized spacial score (nSPS) is 53.3. The molecular weight excluding hydrogens is 504 g/mol. The highest BCUT2D eigenvalue weighted by molar-refractivity contribution is 5.85. The number of rotatable bonds is 5. The summed E-state index contributed by atoms with van der Waals surface area (Å²) in [5.74, 6) is 0.152. The molecule has 5 fully saturated rings. The number of hydrogen-bond acceptors (Lipinski definition) is 9. The number of carbonyl (C=O) groups excluding carboxylic acids is 2. The minimum Gasteiger partial charge on any atom is -0.458 e. The van der Waals surface area contributed by atoms with Crippen molar-refractivity contribution in [3.8, 4) is 0 Å². The van der Waals surface area contributed by atoms with Crippen LogP contribution in [0.5, 0.6) is 0 Å². The highest BCUT2D eigenvalue weighted by Crippen LogP contribution is 2.69. The van der Waals surface area contributed by atoms with Crippen molar-refractivity contribution in [2.24, 2.45) is 34.5 Å². The Labute approximate surface area is 230 Å². The molecule has 39 heavy (non-hydrogen) atoms. The van der Waals surface area contributed by atoms with Gasteiger partial charge in [0.2, 0.25) is 0 Å². The Bertz CT molecular complexity index is 1010. The number of fused-ring (bicyclic) bond motifs is 5. The minimum atomic E-state index is -1.11. The van der Waals surface area contributed by atoms with Crippen molar-refractivity contribution >= 4 is 12.3 Å². The minimum absolute atomic E-state index is 0.0482. The van der Waals surface area contributed by atoms with Crippen molar-refractivity contribution in [3.63, 3.8) is 0 Å². The molecule has 0 radical (unpaired) electrons. The Morgan fingerprint density at radius 3 is 2.54 bits per heavy atom. The average Bonchev–Trinajstić information content (AvgIpc) is 3.47. The topological polar surface area (TPSA) is 132 Å². The van der Waals surface area contributed by atoms with Gasteiger partial charge in [-0.3, -0.25) is 0 Å². The number of esters is 1. The molecule has 0 spiro atoms. The van der Waals surface area contributed by atoms with E-state index in [4.69, 9.17) is 18.9 Å². The number of aldehydes is 1. The molecule has 6 aliphatic rings.